The molecule has 2 aromatic rings. The van der Waals surface area contributed by atoms with Gasteiger partial charge in [0.1, 0.15) is 0 Å². The molecule has 1 atom stereocenters. The van der Waals surface area contributed by atoms with Crippen molar-refractivity contribution in [2.45, 2.75) is 32.2 Å². The lowest BCUT2D eigenvalue weighted by Gasteiger charge is -2.18. The van der Waals surface area contributed by atoms with Crippen molar-refractivity contribution >= 4 is 22.7 Å². The van der Waals surface area contributed by atoms with E-state index in [1.165, 1.54) is 7.11 Å². The molecule has 1 aliphatic heterocycles. The van der Waals surface area contributed by atoms with E-state index < -0.39 is 0 Å². The van der Waals surface area contributed by atoms with Gasteiger partial charge in [-0.25, -0.2) is 4.79 Å². The van der Waals surface area contributed by atoms with Gasteiger partial charge in [0.15, 0.2) is 0 Å². The maximum Gasteiger partial charge on any atom is 0.409 e. The molecule has 3 rings (SSSR count). The summed E-state index contributed by atoms with van der Waals surface area (Å²) in [7, 11) is 1.43. The first-order chi connectivity index (χ1) is 11.2. The normalized spacial score (nSPS) is 17.5. The van der Waals surface area contributed by atoms with Gasteiger partial charge in [-0.3, -0.25) is 4.98 Å². The van der Waals surface area contributed by atoms with E-state index in [0.29, 0.717) is 6.54 Å². The number of aromatic nitrogens is 1. The van der Waals surface area contributed by atoms with Crippen LogP contribution in [0.15, 0.2) is 30.3 Å². The summed E-state index contributed by atoms with van der Waals surface area (Å²) in [6, 6.07) is 10.6. The number of hydrogen-bond acceptors (Lipinski definition) is 4. The van der Waals surface area contributed by atoms with Gasteiger partial charge in [0.2, 0.25) is 0 Å². The van der Waals surface area contributed by atoms with Gasteiger partial charge in [0.25, 0.3) is 0 Å². The lowest BCUT2D eigenvalue weighted by Crippen LogP contribution is -2.31. The van der Waals surface area contributed by atoms with Gasteiger partial charge in [0.05, 0.1) is 12.6 Å². The third-order valence-electron chi connectivity index (χ3n) is 4.26. The van der Waals surface area contributed by atoms with Crippen molar-refractivity contribution < 1.29 is 9.53 Å². The minimum Gasteiger partial charge on any atom is -0.453 e. The van der Waals surface area contributed by atoms with E-state index in [1.54, 1.807) is 4.90 Å². The zero-order valence-corrected chi connectivity index (χ0v) is 13.7. The Bertz CT molecular complexity index is 702. The minimum absolute atomic E-state index is 0.245. The molecule has 122 valence electrons. The first kappa shape index (κ1) is 15.6. The number of fused-ring (bicyclic) bond motifs is 1. The molecule has 1 amide bonds. The van der Waals surface area contributed by atoms with Crippen LogP contribution in [0, 0.1) is 0 Å². The van der Waals surface area contributed by atoms with Gasteiger partial charge >= 0.3 is 6.09 Å². The van der Waals surface area contributed by atoms with Crippen LogP contribution in [0.25, 0.3) is 10.9 Å². The number of benzene rings is 1. The lowest BCUT2D eigenvalue weighted by atomic mass is 10.1. The topological polar surface area (TPSA) is 54.5 Å². The highest BCUT2D eigenvalue weighted by molar-refractivity contribution is 5.91. The summed E-state index contributed by atoms with van der Waals surface area (Å²) in [6.07, 6.45) is 2.72. The number of pyridine rings is 1. The van der Waals surface area contributed by atoms with Crippen molar-refractivity contribution in [1.29, 1.82) is 0 Å². The summed E-state index contributed by atoms with van der Waals surface area (Å²) in [5, 5.41) is 4.73. The number of anilines is 1. The molecular weight excluding hydrogens is 290 g/mol. The summed E-state index contributed by atoms with van der Waals surface area (Å²) in [4.78, 5) is 18.1. The number of nitrogens with one attached hydrogen (secondary N) is 1. The molecule has 1 N–H and O–H groups in total. The molecule has 1 unspecified atom stereocenters. The second-order valence-corrected chi connectivity index (χ2v) is 5.97. The number of aryl methyl sites for hydroxylation is 1. The number of carbonyl (C=O) groups excluding carboxylic acids is 1. The fourth-order valence-electron chi connectivity index (χ4n) is 3.13. The molecule has 1 saturated heterocycles. The van der Waals surface area contributed by atoms with E-state index in [-0.39, 0.29) is 12.1 Å². The Morgan fingerprint density at radius 3 is 3.04 bits per heavy atom. The Morgan fingerprint density at radius 1 is 1.43 bits per heavy atom. The molecule has 5 nitrogen and oxygen atoms in total. The van der Waals surface area contributed by atoms with Gasteiger partial charge in [-0.2, -0.15) is 0 Å². The quantitative estimate of drug-likeness (QED) is 0.939. The number of carbonyl (C=O) groups is 1. The zero-order valence-electron chi connectivity index (χ0n) is 13.7. The van der Waals surface area contributed by atoms with Crippen LogP contribution in [0.1, 0.15) is 25.5 Å². The van der Waals surface area contributed by atoms with Crippen molar-refractivity contribution in [3.05, 3.63) is 36.0 Å². The third-order valence-corrected chi connectivity index (χ3v) is 4.26. The average Bonchev–Trinajstić information content (AvgIpc) is 3.03. The largest absolute Gasteiger partial charge is 0.453 e. The number of hydrogen-bond donors (Lipinski definition) is 1. The predicted octanol–water partition coefficient (Wildman–Crippen LogP) is 3.44. The van der Waals surface area contributed by atoms with Crippen LogP contribution in [0.3, 0.4) is 0 Å². The number of nitrogens with zero attached hydrogens (tertiary/aromatic N) is 2. The van der Waals surface area contributed by atoms with Crippen LogP contribution >= 0.6 is 0 Å². The van der Waals surface area contributed by atoms with Crippen molar-refractivity contribution in [2.24, 2.45) is 0 Å². The van der Waals surface area contributed by atoms with E-state index in [9.17, 15) is 4.79 Å². The molecule has 5 heteroatoms. The van der Waals surface area contributed by atoms with E-state index in [0.717, 1.165) is 48.1 Å². The fourth-order valence-corrected chi connectivity index (χ4v) is 3.13. The van der Waals surface area contributed by atoms with Crippen LogP contribution in [0.4, 0.5) is 10.5 Å². The molecule has 0 bridgehead atoms. The van der Waals surface area contributed by atoms with Gasteiger partial charge in [-0.15, -0.1) is 0 Å². The number of amides is 1. The predicted molar refractivity (Wildman–Crippen MR) is 91.7 cm³/mol. The fraction of sp³-hybridized carbons (Fsp3) is 0.444. The van der Waals surface area contributed by atoms with Crippen LogP contribution in [0.2, 0.25) is 0 Å². The van der Waals surface area contributed by atoms with E-state index in [4.69, 9.17) is 9.72 Å². The molecule has 0 radical (unpaired) electrons. The molecule has 2 heterocycles. The van der Waals surface area contributed by atoms with Gasteiger partial charge in [-0.05, 0) is 25.0 Å². The highest BCUT2D eigenvalue weighted by atomic mass is 16.5. The summed E-state index contributed by atoms with van der Waals surface area (Å²) < 4.78 is 4.80. The van der Waals surface area contributed by atoms with E-state index >= 15 is 0 Å². The maximum absolute atomic E-state index is 11.6. The van der Waals surface area contributed by atoms with Crippen LogP contribution < -0.4 is 5.32 Å². The summed E-state index contributed by atoms with van der Waals surface area (Å²) >= 11 is 0. The van der Waals surface area contributed by atoms with Crippen LogP contribution in [-0.2, 0) is 11.2 Å². The second-order valence-electron chi connectivity index (χ2n) is 5.97. The molecule has 0 saturated carbocycles. The number of methoxy groups -OCH3 is 1. The zero-order chi connectivity index (χ0) is 16.2. The number of likely N-dealkylation sites (tertiary alicyclic amines) is 1. The highest BCUT2D eigenvalue weighted by Gasteiger charge is 2.27. The SMILES string of the molecule is CCCc1cc(NC2CCN(C(=O)OC)C2)c2ccccc2n1. The molecule has 1 fully saturated rings. The van der Waals surface area contributed by atoms with Gasteiger partial charge in [0, 0.05) is 35.9 Å². The lowest BCUT2D eigenvalue weighted by molar-refractivity contribution is 0.133. The minimum atomic E-state index is -0.249. The van der Waals surface area contributed by atoms with E-state index in [2.05, 4.69) is 30.4 Å². The highest BCUT2D eigenvalue weighted by Crippen LogP contribution is 2.26. The molecule has 1 aromatic carbocycles. The Kier molecular flexibility index (Phi) is 4.65. The Morgan fingerprint density at radius 2 is 2.26 bits per heavy atom. The van der Waals surface area contributed by atoms with Crippen LogP contribution in [-0.4, -0.2) is 42.2 Å². The standard InChI is InChI=1S/C18H23N3O2/c1-3-6-13-11-17(15-7-4-5-8-16(15)19-13)20-14-9-10-21(12-14)18(22)23-2/h4-5,7-8,11,14H,3,6,9-10,12H2,1-2H3,(H,19,20). The Balaban J connectivity index is 1.83. The van der Waals surface area contributed by atoms with Crippen LogP contribution in [0.5, 0.6) is 0 Å². The maximum atomic E-state index is 11.6. The van der Waals surface area contributed by atoms with Crippen molar-refractivity contribution in [1.82, 2.24) is 9.88 Å². The second kappa shape index (κ2) is 6.86. The molecule has 1 aromatic heterocycles. The summed E-state index contributed by atoms with van der Waals surface area (Å²) in [5.74, 6) is 0. The monoisotopic (exact) mass is 313 g/mol. The first-order valence-electron chi connectivity index (χ1n) is 8.19. The van der Waals surface area contributed by atoms with Crippen molar-refractivity contribution in [2.75, 3.05) is 25.5 Å². The average molecular weight is 313 g/mol. The third kappa shape index (κ3) is 3.38. The van der Waals surface area contributed by atoms with Crippen molar-refractivity contribution in [3.8, 4) is 0 Å². The number of ether oxygens (including phenoxy) is 1. The number of rotatable bonds is 4. The van der Waals surface area contributed by atoms with Gasteiger partial charge in [-0.1, -0.05) is 31.5 Å². The number of para-hydroxylation sites is 1. The smallest absolute Gasteiger partial charge is 0.409 e. The van der Waals surface area contributed by atoms with Gasteiger partial charge < -0.3 is 15.0 Å². The first-order valence-corrected chi connectivity index (χ1v) is 8.19. The molecular formula is C18H23N3O2. The van der Waals surface area contributed by atoms with Crippen molar-refractivity contribution in [3.63, 3.8) is 0 Å². The summed E-state index contributed by atoms with van der Waals surface area (Å²) in [5.41, 5.74) is 3.23. The molecule has 0 spiro atoms. The molecule has 0 aliphatic carbocycles. The molecule has 1 aliphatic rings. The Labute approximate surface area is 136 Å². The molecule has 23 heavy (non-hydrogen) atoms. The Hall–Kier alpha value is -2.30. The van der Waals surface area contributed by atoms with E-state index in [1.807, 2.05) is 12.1 Å². The summed E-state index contributed by atoms with van der Waals surface area (Å²) in [6.45, 7) is 3.57.